The number of nitrogens with one attached hydrogen (secondary N) is 3. The van der Waals surface area contributed by atoms with Crippen molar-refractivity contribution in [3.8, 4) is 11.4 Å². The lowest BCUT2D eigenvalue weighted by Crippen LogP contribution is -2.22. The van der Waals surface area contributed by atoms with Crippen LogP contribution in [0.5, 0.6) is 0 Å². The minimum atomic E-state index is -0.165. The molecular formula is C21H21N5O. The van der Waals surface area contributed by atoms with Crippen molar-refractivity contribution < 1.29 is 0 Å². The van der Waals surface area contributed by atoms with E-state index in [0.717, 1.165) is 16.8 Å². The molecule has 3 N–H and O–H groups in total. The van der Waals surface area contributed by atoms with E-state index in [-0.39, 0.29) is 11.6 Å². The van der Waals surface area contributed by atoms with E-state index in [1.807, 2.05) is 31.2 Å². The second-order valence-electron chi connectivity index (χ2n) is 6.63. The summed E-state index contributed by atoms with van der Waals surface area (Å²) < 4.78 is 0. The maximum absolute atomic E-state index is 12.1. The summed E-state index contributed by atoms with van der Waals surface area (Å²) in [6.07, 6.45) is 3.37. The van der Waals surface area contributed by atoms with Crippen LogP contribution in [0.1, 0.15) is 29.9 Å². The van der Waals surface area contributed by atoms with Gasteiger partial charge in [0.2, 0.25) is 0 Å². The fourth-order valence-corrected chi connectivity index (χ4v) is 3.22. The number of aryl methyl sites for hydroxylation is 1. The molecule has 0 saturated heterocycles. The maximum Gasteiger partial charge on any atom is 0.251 e. The summed E-state index contributed by atoms with van der Waals surface area (Å²) in [6, 6.07) is 13.4. The minimum Gasteiger partial charge on any atom is -0.357 e. The number of hydrogen-bond donors (Lipinski definition) is 3. The molecule has 0 aliphatic rings. The minimum absolute atomic E-state index is 0.0706. The summed E-state index contributed by atoms with van der Waals surface area (Å²) in [4.78, 5) is 27.0. The van der Waals surface area contributed by atoms with Crippen LogP contribution in [0.3, 0.4) is 0 Å². The number of aromatic amines is 2. The Morgan fingerprint density at radius 2 is 1.89 bits per heavy atom. The zero-order valence-electron chi connectivity index (χ0n) is 15.3. The fourth-order valence-electron chi connectivity index (χ4n) is 3.22. The quantitative estimate of drug-likeness (QED) is 0.509. The van der Waals surface area contributed by atoms with Gasteiger partial charge in [0, 0.05) is 53.2 Å². The molecule has 6 heteroatoms. The molecule has 4 rings (SSSR count). The first-order valence-electron chi connectivity index (χ1n) is 8.93. The predicted molar refractivity (Wildman–Crippen MR) is 106 cm³/mol. The highest BCUT2D eigenvalue weighted by atomic mass is 16.1. The fraction of sp³-hybridized carbons (Fsp3) is 0.190. The van der Waals surface area contributed by atoms with Gasteiger partial charge in [-0.1, -0.05) is 18.2 Å². The molecular weight excluding hydrogens is 338 g/mol. The summed E-state index contributed by atoms with van der Waals surface area (Å²) in [5.74, 6) is 0.551. The van der Waals surface area contributed by atoms with E-state index in [9.17, 15) is 4.79 Å². The zero-order chi connectivity index (χ0) is 18.8. The smallest absolute Gasteiger partial charge is 0.251 e. The standard InChI is InChI=1S/C21H21N5O/c1-13-16-5-3-4-6-17(16)24-19(13)12-23-14(2)18-11-20(27)26-21(25-18)15-7-9-22-10-8-15/h3-11,14,23-24H,12H2,1-2H3,(H,25,26,27). The number of hydrogen-bond acceptors (Lipinski definition) is 4. The number of aromatic nitrogens is 4. The van der Waals surface area contributed by atoms with Gasteiger partial charge in [0.25, 0.3) is 5.56 Å². The Bertz CT molecular complexity index is 1130. The van der Waals surface area contributed by atoms with Crippen molar-refractivity contribution in [1.29, 1.82) is 0 Å². The molecule has 0 saturated carbocycles. The number of H-pyrrole nitrogens is 2. The first kappa shape index (κ1) is 17.2. The second-order valence-corrected chi connectivity index (χ2v) is 6.63. The molecule has 0 bridgehead atoms. The van der Waals surface area contributed by atoms with Crippen LogP contribution < -0.4 is 10.9 Å². The molecule has 1 aromatic carbocycles. The average molecular weight is 359 g/mol. The Hall–Kier alpha value is -3.25. The van der Waals surface area contributed by atoms with E-state index in [4.69, 9.17) is 0 Å². The monoisotopic (exact) mass is 359 g/mol. The summed E-state index contributed by atoms with van der Waals surface area (Å²) in [6.45, 7) is 4.80. The van der Waals surface area contributed by atoms with Crippen molar-refractivity contribution >= 4 is 10.9 Å². The van der Waals surface area contributed by atoms with Crippen molar-refractivity contribution in [2.45, 2.75) is 26.4 Å². The first-order chi connectivity index (χ1) is 13.1. The van der Waals surface area contributed by atoms with E-state index in [1.54, 1.807) is 18.5 Å². The molecule has 4 aromatic rings. The molecule has 3 aromatic heterocycles. The van der Waals surface area contributed by atoms with Crippen molar-refractivity contribution in [2.24, 2.45) is 0 Å². The Morgan fingerprint density at radius 1 is 1.11 bits per heavy atom. The van der Waals surface area contributed by atoms with Crippen LogP contribution in [0.15, 0.2) is 59.7 Å². The molecule has 0 radical (unpaired) electrons. The van der Waals surface area contributed by atoms with Crippen molar-refractivity contribution in [1.82, 2.24) is 25.3 Å². The van der Waals surface area contributed by atoms with Crippen molar-refractivity contribution in [2.75, 3.05) is 0 Å². The topological polar surface area (TPSA) is 86.5 Å². The molecule has 6 nitrogen and oxygen atoms in total. The lowest BCUT2D eigenvalue weighted by atomic mass is 10.1. The molecule has 0 spiro atoms. The number of nitrogens with zero attached hydrogens (tertiary/aromatic N) is 2. The summed E-state index contributed by atoms with van der Waals surface area (Å²) in [5.41, 5.74) is 4.89. The number of fused-ring (bicyclic) bond motifs is 1. The molecule has 0 aliphatic heterocycles. The predicted octanol–water partition coefficient (Wildman–Crippen LogP) is 3.47. The maximum atomic E-state index is 12.1. The Kier molecular flexibility index (Phi) is 4.56. The summed E-state index contributed by atoms with van der Waals surface area (Å²) >= 11 is 0. The molecule has 3 heterocycles. The number of pyridine rings is 1. The molecule has 0 amide bonds. The summed E-state index contributed by atoms with van der Waals surface area (Å²) in [7, 11) is 0. The van der Waals surface area contributed by atoms with E-state index in [1.165, 1.54) is 10.9 Å². The highest BCUT2D eigenvalue weighted by Gasteiger charge is 2.12. The van der Waals surface area contributed by atoms with Crippen LogP contribution in [0.25, 0.3) is 22.3 Å². The largest absolute Gasteiger partial charge is 0.357 e. The average Bonchev–Trinajstić information content (AvgIpc) is 3.02. The Balaban J connectivity index is 1.56. The van der Waals surface area contributed by atoms with Gasteiger partial charge in [0.15, 0.2) is 0 Å². The van der Waals surface area contributed by atoms with E-state index in [0.29, 0.717) is 18.1 Å². The molecule has 0 aliphatic carbocycles. The van der Waals surface area contributed by atoms with E-state index >= 15 is 0 Å². The van der Waals surface area contributed by atoms with Gasteiger partial charge in [-0.3, -0.25) is 9.78 Å². The van der Waals surface area contributed by atoms with Crippen LogP contribution in [-0.2, 0) is 6.54 Å². The van der Waals surface area contributed by atoms with Gasteiger partial charge in [0.1, 0.15) is 5.82 Å². The van der Waals surface area contributed by atoms with Gasteiger partial charge in [-0.2, -0.15) is 0 Å². The molecule has 0 fully saturated rings. The van der Waals surface area contributed by atoms with Gasteiger partial charge in [-0.25, -0.2) is 4.98 Å². The highest BCUT2D eigenvalue weighted by molar-refractivity contribution is 5.84. The molecule has 1 atom stereocenters. The molecule has 136 valence electrons. The Morgan fingerprint density at radius 3 is 2.67 bits per heavy atom. The van der Waals surface area contributed by atoms with Gasteiger partial charge in [-0.15, -0.1) is 0 Å². The van der Waals surface area contributed by atoms with Crippen LogP contribution in [0.2, 0.25) is 0 Å². The first-order valence-corrected chi connectivity index (χ1v) is 8.93. The van der Waals surface area contributed by atoms with Gasteiger partial charge < -0.3 is 15.3 Å². The number of benzene rings is 1. The Labute approximate surface area is 156 Å². The van der Waals surface area contributed by atoms with Gasteiger partial charge >= 0.3 is 0 Å². The third kappa shape index (κ3) is 3.52. The molecule has 27 heavy (non-hydrogen) atoms. The highest BCUT2D eigenvalue weighted by Crippen LogP contribution is 2.22. The third-order valence-electron chi connectivity index (χ3n) is 4.81. The number of rotatable bonds is 5. The molecule has 1 unspecified atom stereocenters. The normalized spacial score (nSPS) is 12.4. The van der Waals surface area contributed by atoms with E-state index in [2.05, 4.69) is 44.3 Å². The summed E-state index contributed by atoms with van der Waals surface area (Å²) in [5, 5.41) is 4.70. The zero-order valence-corrected chi connectivity index (χ0v) is 15.3. The third-order valence-corrected chi connectivity index (χ3v) is 4.81. The lowest BCUT2D eigenvalue weighted by Gasteiger charge is -2.14. The van der Waals surface area contributed by atoms with Crippen LogP contribution in [0, 0.1) is 6.92 Å². The van der Waals surface area contributed by atoms with Crippen LogP contribution >= 0.6 is 0 Å². The van der Waals surface area contributed by atoms with Crippen molar-refractivity contribution in [3.05, 3.63) is 82.2 Å². The second kappa shape index (κ2) is 7.17. The van der Waals surface area contributed by atoms with Gasteiger partial charge in [-0.05, 0) is 37.6 Å². The van der Waals surface area contributed by atoms with Gasteiger partial charge in [0.05, 0.1) is 5.69 Å². The van der Waals surface area contributed by atoms with E-state index < -0.39 is 0 Å². The van der Waals surface area contributed by atoms with Crippen molar-refractivity contribution in [3.63, 3.8) is 0 Å². The lowest BCUT2D eigenvalue weighted by molar-refractivity contribution is 0.554. The SMILES string of the molecule is Cc1c(CNC(C)c2cc(=O)[nH]c(-c3ccncc3)n2)[nH]c2ccccc12. The van der Waals surface area contributed by atoms with Crippen LogP contribution in [-0.4, -0.2) is 19.9 Å². The number of para-hydroxylation sites is 1. The van der Waals surface area contributed by atoms with Crippen LogP contribution in [0.4, 0.5) is 0 Å².